The molecule has 74 valence electrons. The second-order valence-corrected chi connectivity index (χ2v) is 3.25. The van der Waals surface area contributed by atoms with Gasteiger partial charge in [-0.25, -0.2) is 4.39 Å². The maximum Gasteiger partial charge on any atom is 0.139 e. The molecule has 15 heavy (non-hydrogen) atoms. The fraction of sp³-hybridized carbons (Fsp3) is 0.100. The van der Waals surface area contributed by atoms with E-state index in [1.165, 1.54) is 6.07 Å². The predicted octanol–water partition coefficient (Wildman–Crippen LogP) is 0.447. The zero-order chi connectivity index (χ0) is 10.8. The molecule has 3 nitrogen and oxygen atoms in total. The van der Waals surface area contributed by atoms with Crippen LogP contribution in [0.25, 0.3) is 0 Å². The van der Waals surface area contributed by atoms with Gasteiger partial charge in [-0.3, -0.25) is 4.68 Å². The van der Waals surface area contributed by atoms with Crippen LogP contribution in [0.15, 0.2) is 30.6 Å². The Balaban J connectivity index is 2.34. The number of nitrogen functional groups attached to an aromatic ring is 1. The minimum absolute atomic E-state index is 0.0664. The quantitative estimate of drug-likeness (QED) is 0.566. The number of anilines is 1. The third kappa shape index (κ3) is 1.86. The lowest BCUT2D eigenvalue weighted by Crippen LogP contribution is -2.14. The zero-order valence-electron chi connectivity index (χ0n) is 8.02. The first-order chi connectivity index (χ1) is 7.18. The maximum atomic E-state index is 13.3. The minimum atomic E-state index is -0.556. The van der Waals surface area contributed by atoms with Gasteiger partial charge in [-0.1, -0.05) is 17.6 Å². The van der Waals surface area contributed by atoms with Crippen LogP contribution in [-0.2, 0) is 6.54 Å². The van der Waals surface area contributed by atoms with Crippen molar-refractivity contribution in [1.29, 1.82) is 0 Å². The highest BCUT2D eigenvalue weighted by Crippen LogP contribution is 2.14. The van der Waals surface area contributed by atoms with Crippen molar-refractivity contribution in [2.24, 2.45) is 0 Å². The van der Waals surface area contributed by atoms with Crippen molar-refractivity contribution in [3.8, 4) is 0 Å². The van der Waals surface area contributed by atoms with Gasteiger partial charge in [-0.15, -0.1) is 0 Å². The van der Waals surface area contributed by atoms with Gasteiger partial charge < -0.3 is 5.73 Å². The van der Waals surface area contributed by atoms with Crippen LogP contribution < -0.4 is 11.2 Å². The number of rotatable bonds is 2. The molecule has 0 aliphatic heterocycles. The second kappa shape index (κ2) is 3.77. The lowest BCUT2D eigenvalue weighted by molar-refractivity contribution is 0.632. The Morgan fingerprint density at radius 2 is 2.27 bits per heavy atom. The molecule has 2 radical (unpaired) electrons. The summed E-state index contributed by atoms with van der Waals surface area (Å²) in [4.78, 5) is 0. The summed E-state index contributed by atoms with van der Waals surface area (Å²) in [6, 6.07) is 5.00. The van der Waals surface area contributed by atoms with E-state index < -0.39 is 5.82 Å². The van der Waals surface area contributed by atoms with Crippen LogP contribution in [0.2, 0.25) is 0 Å². The summed E-state index contributed by atoms with van der Waals surface area (Å²) in [7, 11) is 5.39. The van der Waals surface area contributed by atoms with Crippen LogP contribution in [0.1, 0.15) is 5.56 Å². The Hall–Kier alpha value is -1.78. The highest BCUT2D eigenvalue weighted by Gasteiger charge is 2.07. The van der Waals surface area contributed by atoms with Gasteiger partial charge in [0.25, 0.3) is 0 Å². The molecule has 0 amide bonds. The normalized spacial score (nSPS) is 10.5. The second-order valence-electron chi connectivity index (χ2n) is 3.25. The van der Waals surface area contributed by atoms with E-state index in [1.807, 2.05) is 0 Å². The molecule has 0 spiro atoms. The molecule has 0 fully saturated rings. The summed E-state index contributed by atoms with van der Waals surface area (Å²) >= 11 is 0. The van der Waals surface area contributed by atoms with Gasteiger partial charge in [0.2, 0.25) is 0 Å². The number of hydrogen-bond donors (Lipinski definition) is 1. The van der Waals surface area contributed by atoms with Crippen molar-refractivity contribution in [3.05, 3.63) is 42.0 Å². The SMILES string of the molecule is [B]c1ccc(Cn2cccn2)c(N)c1F. The van der Waals surface area contributed by atoms with Crippen LogP contribution in [0.4, 0.5) is 10.1 Å². The van der Waals surface area contributed by atoms with E-state index in [0.717, 1.165) is 0 Å². The molecule has 1 heterocycles. The van der Waals surface area contributed by atoms with Gasteiger partial charge >= 0.3 is 0 Å². The molecule has 0 atom stereocenters. The third-order valence-electron chi connectivity index (χ3n) is 2.19. The molecule has 0 saturated carbocycles. The van der Waals surface area contributed by atoms with Crippen LogP contribution >= 0.6 is 0 Å². The van der Waals surface area contributed by atoms with Crippen molar-refractivity contribution < 1.29 is 4.39 Å². The molecule has 2 rings (SSSR count). The first kappa shape index (κ1) is 9.77. The predicted molar refractivity (Wildman–Crippen MR) is 57.5 cm³/mol. The Bertz CT molecular complexity index is 468. The molecular weight excluding hydrogens is 192 g/mol. The van der Waals surface area contributed by atoms with Crippen molar-refractivity contribution in [2.45, 2.75) is 6.54 Å². The zero-order valence-corrected chi connectivity index (χ0v) is 8.02. The molecule has 0 unspecified atom stereocenters. The maximum absolute atomic E-state index is 13.3. The number of benzene rings is 1. The van der Waals surface area contributed by atoms with E-state index in [4.69, 9.17) is 13.6 Å². The average Bonchev–Trinajstić information content (AvgIpc) is 2.72. The van der Waals surface area contributed by atoms with Gasteiger partial charge in [0.05, 0.1) is 12.2 Å². The molecule has 2 aromatic rings. The first-order valence-corrected chi connectivity index (χ1v) is 4.48. The van der Waals surface area contributed by atoms with Crippen molar-refractivity contribution >= 4 is 19.0 Å². The molecular formula is C10H9BFN3. The summed E-state index contributed by atoms with van der Waals surface area (Å²) in [6.45, 7) is 0.441. The van der Waals surface area contributed by atoms with E-state index in [0.29, 0.717) is 12.1 Å². The van der Waals surface area contributed by atoms with Gasteiger partial charge in [-0.05, 0) is 11.6 Å². The summed E-state index contributed by atoms with van der Waals surface area (Å²) < 4.78 is 15.0. The topological polar surface area (TPSA) is 43.8 Å². The highest BCUT2D eigenvalue weighted by atomic mass is 19.1. The van der Waals surface area contributed by atoms with E-state index in [2.05, 4.69) is 5.10 Å². The van der Waals surface area contributed by atoms with E-state index in [9.17, 15) is 4.39 Å². The van der Waals surface area contributed by atoms with Gasteiger partial charge in [0, 0.05) is 12.4 Å². The number of nitrogens with zero attached hydrogens (tertiary/aromatic N) is 2. The van der Waals surface area contributed by atoms with Crippen LogP contribution in [0, 0.1) is 5.82 Å². The Morgan fingerprint density at radius 1 is 1.47 bits per heavy atom. The van der Waals surface area contributed by atoms with Gasteiger partial charge in [0.15, 0.2) is 0 Å². The highest BCUT2D eigenvalue weighted by molar-refractivity contribution is 6.32. The van der Waals surface area contributed by atoms with Crippen molar-refractivity contribution in [3.63, 3.8) is 0 Å². The Labute approximate surface area is 88.1 Å². The molecule has 1 aromatic heterocycles. The molecule has 5 heteroatoms. The van der Waals surface area contributed by atoms with Crippen LogP contribution in [-0.4, -0.2) is 17.6 Å². The van der Waals surface area contributed by atoms with Crippen molar-refractivity contribution in [2.75, 3.05) is 5.73 Å². The van der Waals surface area contributed by atoms with Gasteiger partial charge in [0.1, 0.15) is 13.7 Å². The molecule has 2 N–H and O–H groups in total. The van der Waals surface area contributed by atoms with E-state index in [1.54, 1.807) is 29.2 Å². The molecule has 0 aliphatic rings. The molecule has 0 bridgehead atoms. The van der Waals surface area contributed by atoms with Gasteiger partial charge in [-0.2, -0.15) is 5.10 Å². The number of halogens is 1. The number of nitrogens with two attached hydrogens (primary N) is 1. The standard InChI is InChI=1S/C10H9BFN3/c11-8-3-2-7(10(13)9(8)12)6-15-5-1-4-14-15/h1-5H,6,13H2. The number of hydrogen-bond acceptors (Lipinski definition) is 2. The molecule has 1 aromatic carbocycles. The lowest BCUT2D eigenvalue weighted by Gasteiger charge is -2.08. The summed E-state index contributed by atoms with van der Waals surface area (Å²) in [5.74, 6) is -0.556. The third-order valence-corrected chi connectivity index (χ3v) is 2.19. The molecule has 0 saturated heterocycles. The summed E-state index contributed by atoms with van der Waals surface area (Å²) in [6.07, 6.45) is 3.44. The first-order valence-electron chi connectivity index (χ1n) is 4.48. The number of aromatic nitrogens is 2. The Morgan fingerprint density at radius 3 is 2.93 bits per heavy atom. The smallest absolute Gasteiger partial charge is 0.139 e. The molecule has 0 aliphatic carbocycles. The fourth-order valence-corrected chi connectivity index (χ4v) is 1.36. The summed E-state index contributed by atoms with van der Waals surface area (Å²) in [5, 5.41) is 4.01. The summed E-state index contributed by atoms with van der Waals surface area (Å²) in [5.41, 5.74) is 6.43. The minimum Gasteiger partial charge on any atom is -0.396 e. The Kier molecular flexibility index (Phi) is 2.45. The fourth-order valence-electron chi connectivity index (χ4n) is 1.36. The largest absolute Gasteiger partial charge is 0.396 e. The monoisotopic (exact) mass is 201 g/mol. The van der Waals surface area contributed by atoms with E-state index in [-0.39, 0.29) is 11.2 Å². The van der Waals surface area contributed by atoms with Crippen LogP contribution in [0.5, 0.6) is 0 Å². The lowest BCUT2D eigenvalue weighted by atomic mass is 9.93. The van der Waals surface area contributed by atoms with Crippen LogP contribution in [0.3, 0.4) is 0 Å². The van der Waals surface area contributed by atoms with Crippen molar-refractivity contribution in [1.82, 2.24) is 9.78 Å². The average molecular weight is 201 g/mol. The van der Waals surface area contributed by atoms with E-state index >= 15 is 0 Å².